The second-order valence-electron chi connectivity index (χ2n) is 3.99. The molecule has 3 heteroatoms. The minimum Gasteiger partial charge on any atom is -0.395 e. The predicted octanol–water partition coefficient (Wildman–Crippen LogP) is 0.811. The average molecular weight is 185 g/mol. The summed E-state index contributed by atoms with van der Waals surface area (Å²) in [5, 5.41) is 8.89. The number of rotatable bonds is 4. The second-order valence-corrected chi connectivity index (χ2v) is 3.99. The maximum Gasteiger partial charge on any atom is 0.134 e. The van der Waals surface area contributed by atoms with Gasteiger partial charge in [-0.3, -0.25) is 9.69 Å². The highest BCUT2D eigenvalue weighted by molar-refractivity contribution is 5.81. The highest BCUT2D eigenvalue weighted by Crippen LogP contribution is 2.22. The summed E-state index contributed by atoms with van der Waals surface area (Å²) in [6.07, 6.45) is 2.37. The van der Waals surface area contributed by atoms with E-state index in [-0.39, 0.29) is 6.61 Å². The summed E-state index contributed by atoms with van der Waals surface area (Å²) in [5.74, 6) is 0.369. The van der Waals surface area contributed by atoms with Gasteiger partial charge < -0.3 is 5.11 Å². The van der Waals surface area contributed by atoms with Gasteiger partial charge in [0, 0.05) is 31.5 Å². The number of aliphatic hydroxyl groups excluding tert-OH is 1. The van der Waals surface area contributed by atoms with Crippen LogP contribution < -0.4 is 0 Å². The van der Waals surface area contributed by atoms with Gasteiger partial charge in [0.05, 0.1) is 6.61 Å². The molecule has 1 fully saturated rings. The zero-order chi connectivity index (χ0) is 9.84. The molecule has 76 valence electrons. The predicted molar refractivity (Wildman–Crippen MR) is 51.6 cm³/mol. The zero-order valence-electron chi connectivity index (χ0n) is 8.49. The van der Waals surface area contributed by atoms with E-state index in [9.17, 15) is 4.79 Å². The van der Waals surface area contributed by atoms with Crippen LogP contribution in [0.25, 0.3) is 0 Å². The molecular formula is C10H19NO2. The fraction of sp³-hybridized carbons (Fsp3) is 0.900. The first-order chi connectivity index (χ1) is 6.15. The highest BCUT2D eigenvalue weighted by Gasteiger charge is 2.28. The number of carbonyl (C=O) groups excluding carboxylic acids is 1. The molecular weight excluding hydrogens is 166 g/mol. The summed E-state index contributed by atoms with van der Waals surface area (Å²) < 4.78 is 0. The van der Waals surface area contributed by atoms with Crippen LogP contribution in [-0.2, 0) is 4.79 Å². The van der Waals surface area contributed by atoms with Gasteiger partial charge in [0.1, 0.15) is 5.78 Å². The lowest BCUT2D eigenvalue weighted by atomic mass is 10.1. The van der Waals surface area contributed by atoms with Crippen LogP contribution in [0.15, 0.2) is 0 Å². The molecule has 1 aliphatic rings. The van der Waals surface area contributed by atoms with Gasteiger partial charge in [-0.05, 0) is 20.3 Å². The van der Waals surface area contributed by atoms with Crippen LogP contribution in [0.4, 0.5) is 0 Å². The fourth-order valence-electron chi connectivity index (χ4n) is 2.06. The maximum atomic E-state index is 11.1. The lowest BCUT2D eigenvalue weighted by molar-refractivity contribution is -0.117. The minimum atomic E-state index is 0.183. The lowest BCUT2D eigenvalue weighted by Crippen LogP contribution is -2.41. The largest absolute Gasteiger partial charge is 0.395 e. The van der Waals surface area contributed by atoms with Crippen LogP contribution in [-0.4, -0.2) is 41.0 Å². The summed E-state index contributed by atoms with van der Waals surface area (Å²) in [4.78, 5) is 13.3. The Kier molecular flexibility index (Phi) is 3.88. The van der Waals surface area contributed by atoms with Crippen molar-refractivity contribution in [1.29, 1.82) is 0 Å². The Morgan fingerprint density at radius 3 is 2.69 bits per heavy atom. The zero-order valence-corrected chi connectivity index (χ0v) is 8.49. The number of hydrogen-bond donors (Lipinski definition) is 1. The van der Waals surface area contributed by atoms with Gasteiger partial charge in [-0.1, -0.05) is 0 Å². The number of ketones is 1. The molecule has 3 nitrogen and oxygen atoms in total. The molecule has 0 aromatic heterocycles. The Bertz CT molecular complexity index is 180. The molecule has 1 N–H and O–H groups in total. The molecule has 1 saturated carbocycles. The van der Waals surface area contributed by atoms with E-state index in [2.05, 4.69) is 18.7 Å². The van der Waals surface area contributed by atoms with E-state index < -0.39 is 0 Å². The van der Waals surface area contributed by atoms with E-state index in [4.69, 9.17) is 5.11 Å². The molecule has 0 bridgehead atoms. The van der Waals surface area contributed by atoms with Gasteiger partial charge in [0.25, 0.3) is 0 Å². The van der Waals surface area contributed by atoms with Crippen LogP contribution in [0.1, 0.15) is 33.1 Å². The third kappa shape index (κ3) is 2.78. The number of aliphatic hydroxyl groups is 1. The van der Waals surface area contributed by atoms with Crippen molar-refractivity contribution in [2.24, 2.45) is 0 Å². The number of carbonyl (C=O) groups is 1. The summed E-state index contributed by atoms with van der Waals surface area (Å²) in [5.41, 5.74) is 0. The van der Waals surface area contributed by atoms with Crippen molar-refractivity contribution >= 4 is 5.78 Å². The van der Waals surface area contributed by atoms with E-state index in [1.165, 1.54) is 0 Å². The van der Waals surface area contributed by atoms with E-state index >= 15 is 0 Å². The SMILES string of the molecule is CC(C)N(CCO)C1CCC(=O)C1. The summed E-state index contributed by atoms with van der Waals surface area (Å²) >= 11 is 0. The standard InChI is InChI=1S/C10H19NO2/c1-8(2)11(5-6-12)9-3-4-10(13)7-9/h8-9,12H,3-7H2,1-2H3. The van der Waals surface area contributed by atoms with Gasteiger partial charge in [0.2, 0.25) is 0 Å². The van der Waals surface area contributed by atoms with Crippen molar-refractivity contribution < 1.29 is 9.90 Å². The number of Topliss-reactive ketones (excluding diaryl/α,β-unsaturated/α-hetero) is 1. The molecule has 0 heterocycles. The van der Waals surface area contributed by atoms with E-state index in [1.54, 1.807) is 0 Å². The summed E-state index contributed by atoms with van der Waals surface area (Å²) in [6.45, 7) is 5.09. The summed E-state index contributed by atoms with van der Waals surface area (Å²) in [7, 11) is 0. The number of hydrogen-bond acceptors (Lipinski definition) is 3. The topological polar surface area (TPSA) is 40.5 Å². The normalized spacial score (nSPS) is 23.5. The summed E-state index contributed by atoms with van der Waals surface area (Å²) in [6, 6.07) is 0.794. The first-order valence-corrected chi connectivity index (χ1v) is 5.03. The van der Waals surface area contributed by atoms with Gasteiger partial charge in [-0.15, -0.1) is 0 Å². The van der Waals surface area contributed by atoms with Crippen molar-refractivity contribution in [1.82, 2.24) is 4.90 Å². The molecule has 0 amide bonds. The van der Waals surface area contributed by atoms with Crippen LogP contribution in [0.3, 0.4) is 0 Å². The second kappa shape index (κ2) is 4.72. The van der Waals surface area contributed by atoms with Gasteiger partial charge in [-0.2, -0.15) is 0 Å². The molecule has 0 radical (unpaired) electrons. The fourth-order valence-corrected chi connectivity index (χ4v) is 2.06. The van der Waals surface area contributed by atoms with Crippen molar-refractivity contribution in [2.45, 2.75) is 45.2 Å². The smallest absolute Gasteiger partial charge is 0.134 e. The molecule has 1 unspecified atom stereocenters. The first kappa shape index (κ1) is 10.7. The quantitative estimate of drug-likeness (QED) is 0.704. The van der Waals surface area contributed by atoms with E-state index in [0.717, 1.165) is 12.8 Å². The highest BCUT2D eigenvalue weighted by atomic mass is 16.3. The molecule has 0 aromatic carbocycles. The Morgan fingerprint density at radius 2 is 2.31 bits per heavy atom. The maximum absolute atomic E-state index is 11.1. The van der Waals surface area contributed by atoms with Crippen LogP contribution in [0, 0.1) is 0 Å². The minimum absolute atomic E-state index is 0.183. The number of nitrogens with zero attached hydrogens (tertiary/aromatic N) is 1. The molecule has 0 aliphatic heterocycles. The molecule has 1 aliphatic carbocycles. The van der Waals surface area contributed by atoms with Crippen molar-refractivity contribution in [3.63, 3.8) is 0 Å². The molecule has 13 heavy (non-hydrogen) atoms. The van der Waals surface area contributed by atoms with E-state index in [0.29, 0.717) is 30.8 Å². The molecule has 0 saturated heterocycles. The van der Waals surface area contributed by atoms with Crippen LogP contribution >= 0.6 is 0 Å². The van der Waals surface area contributed by atoms with Crippen LogP contribution in [0.5, 0.6) is 0 Å². The van der Waals surface area contributed by atoms with Gasteiger partial charge >= 0.3 is 0 Å². The van der Waals surface area contributed by atoms with Gasteiger partial charge in [-0.25, -0.2) is 0 Å². The third-order valence-electron chi connectivity index (χ3n) is 2.71. The Hall–Kier alpha value is -0.410. The Labute approximate surface area is 79.7 Å². The third-order valence-corrected chi connectivity index (χ3v) is 2.71. The molecule has 0 aromatic rings. The first-order valence-electron chi connectivity index (χ1n) is 5.03. The van der Waals surface area contributed by atoms with Crippen molar-refractivity contribution in [3.8, 4) is 0 Å². The van der Waals surface area contributed by atoms with Crippen molar-refractivity contribution in [2.75, 3.05) is 13.2 Å². The molecule has 0 spiro atoms. The van der Waals surface area contributed by atoms with Crippen LogP contribution in [0.2, 0.25) is 0 Å². The molecule has 1 atom stereocenters. The monoisotopic (exact) mass is 185 g/mol. The van der Waals surface area contributed by atoms with Gasteiger partial charge in [0.15, 0.2) is 0 Å². The average Bonchev–Trinajstić information content (AvgIpc) is 2.46. The Morgan fingerprint density at radius 1 is 1.62 bits per heavy atom. The molecule has 1 rings (SSSR count). The van der Waals surface area contributed by atoms with Crippen molar-refractivity contribution in [3.05, 3.63) is 0 Å². The Balaban J connectivity index is 2.49. The van der Waals surface area contributed by atoms with E-state index in [1.807, 2.05) is 0 Å². The lowest BCUT2D eigenvalue weighted by Gasteiger charge is -2.31.